The highest BCUT2D eigenvalue weighted by atomic mass is 79.9. The van der Waals surface area contributed by atoms with Crippen molar-refractivity contribution in [2.45, 2.75) is 4.90 Å². The number of methoxy groups -OCH3 is 1. The van der Waals surface area contributed by atoms with Crippen molar-refractivity contribution in [2.24, 2.45) is 0 Å². The van der Waals surface area contributed by atoms with E-state index in [-0.39, 0.29) is 5.75 Å². The van der Waals surface area contributed by atoms with E-state index in [4.69, 9.17) is 4.74 Å². The van der Waals surface area contributed by atoms with Crippen LogP contribution < -0.4 is 4.74 Å². The molecule has 0 N–H and O–H groups in total. The molecule has 0 bridgehead atoms. The van der Waals surface area contributed by atoms with E-state index >= 15 is 0 Å². The average Bonchev–Trinajstić information content (AvgIpc) is 2.74. The maximum atomic E-state index is 13.1. The molecule has 0 saturated carbocycles. The molecule has 0 radical (unpaired) electrons. The second kappa shape index (κ2) is 4.69. The lowest BCUT2D eigenvalue weighted by atomic mass is 10.3. The van der Waals surface area contributed by atoms with E-state index in [1.165, 1.54) is 24.1 Å². The molecule has 2 aromatic rings. The van der Waals surface area contributed by atoms with Crippen molar-refractivity contribution in [3.05, 3.63) is 35.1 Å². The van der Waals surface area contributed by atoms with Gasteiger partial charge in [-0.1, -0.05) is 0 Å². The molecule has 0 spiro atoms. The van der Waals surface area contributed by atoms with E-state index in [1.807, 2.05) is 0 Å². The molecule has 1 aromatic carbocycles. The lowest BCUT2D eigenvalue weighted by Crippen LogP contribution is -2.01. The Morgan fingerprint density at radius 2 is 2.17 bits per heavy atom. The SMILES string of the molecule is COc1ccc(-n2cc(Br)cn2)cc1S(=O)(=O)F. The van der Waals surface area contributed by atoms with Crippen molar-refractivity contribution in [1.82, 2.24) is 9.78 Å². The van der Waals surface area contributed by atoms with Crippen molar-refractivity contribution in [2.75, 3.05) is 7.11 Å². The summed E-state index contributed by atoms with van der Waals surface area (Å²) in [5.41, 5.74) is 0.415. The standard InChI is InChI=1S/C10H8BrFN2O3S/c1-17-9-3-2-8(4-10(9)18(12,15)16)14-6-7(11)5-13-14/h2-6H,1H3. The summed E-state index contributed by atoms with van der Waals surface area (Å²) in [5, 5.41) is 3.98. The van der Waals surface area contributed by atoms with Gasteiger partial charge in [0.05, 0.1) is 23.5 Å². The van der Waals surface area contributed by atoms with Gasteiger partial charge in [-0.25, -0.2) is 4.68 Å². The summed E-state index contributed by atoms with van der Waals surface area (Å²) in [5.74, 6) is -0.0486. The van der Waals surface area contributed by atoms with Gasteiger partial charge in [0.15, 0.2) is 0 Å². The van der Waals surface area contributed by atoms with Gasteiger partial charge in [0.1, 0.15) is 10.6 Å². The molecule has 0 atom stereocenters. The highest BCUT2D eigenvalue weighted by molar-refractivity contribution is 9.10. The Morgan fingerprint density at radius 3 is 2.67 bits per heavy atom. The number of ether oxygens (including phenoxy) is 1. The smallest absolute Gasteiger partial charge is 0.335 e. The first kappa shape index (κ1) is 13.0. The van der Waals surface area contributed by atoms with Crippen molar-refractivity contribution >= 4 is 26.2 Å². The normalized spacial score (nSPS) is 11.5. The largest absolute Gasteiger partial charge is 0.495 e. The summed E-state index contributed by atoms with van der Waals surface area (Å²) >= 11 is 3.22. The molecule has 1 heterocycles. The van der Waals surface area contributed by atoms with Crippen molar-refractivity contribution < 1.29 is 17.0 Å². The minimum Gasteiger partial charge on any atom is -0.495 e. The highest BCUT2D eigenvalue weighted by Crippen LogP contribution is 2.28. The van der Waals surface area contributed by atoms with E-state index < -0.39 is 15.1 Å². The highest BCUT2D eigenvalue weighted by Gasteiger charge is 2.19. The van der Waals surface area contributed by atoms with Gasteiger partial charge in [0, 0.05) is 6.20 Å². The summed E-state index contributed by atoms with van der Waals surface area (Å²) in [6.45, 7) is 0. The molecule has 1 aromatic heterocycles. The van der Waals surface area contributed by atoms with Crippen LogP contribution in [0.15, 0.2) is 40.0 Å². The van der Waals surface area contributed by atoms with Crippen LogP contribution in [0.4, 0.5) is 3.89 Å². The zero-order valence-electron chi connectivity index (χ0n) is 9.17. The molecule has 0 fully saturated rings. The number of rotatable bonds is 3. The maximum Gasteiger partial charge on any atom is 0.335 e. The fourth-order valence-corrected chi connectivity index (χ4v) is 2.38. The minimum absolute atomic E-state index is 0.0486. The first-order chi connectivity index (χ1) is 8.41. The van der Waals surface area contributed by atoms with Gasteiger partial charge in [0.25, 0.3) is 0 Å². The van der Waals surface area contributed by atoms with E-state index in [9.17, 15) is 12.3 Å². The van der Waals surface area contributed by atoms with Crippen molar-refractivity contribution in [3.8, 4) is 11.4 Å². The molecular formula is C10H8BrFN2O3S. The molecule has 2 rings (SSSR count). The van der Waals surface area contributed by atoms with Crippen LogP contribution >= 0.6 is 15.9 Å². The maximum absolute atomic E-state index is 13.1. The number of hydrogen-bond donors (Lipinski definition) is 0. The number of hydrogen-bond acceptors (Lipinski definition) is 4. The molecule has 5 nitrogen and oxygen atoms in total. The Labute approximate surface area is 112 Å². The summed E-state index contributed by atoms with van der Waals surface area (Å²) < 4.78 is 42.1. The molecule has 8 heteroatoms. The third-order valence-electron chi connectivity index (χ3n) is 2.23. The first-order valence-electron chi connectivity index (χ1n) is 4.75. The second-order valence-corrected chi connectivity index (χ2v) is 5.61. The third kappa shape index (κ3) is 2.54. The zero-order chi connectivity index (χ0) is 13.3. The molecule has 0 saturated heterocycles. The van der Waals surface area contributed by atoms with Gasteiger partial charge < -0.3 is 4.74 Å². The van der Waals surface area contributed by atoms with E-state index in [0.29, 0.717) is 5.69 Å². The van der Waals surface area contributed by atoms with Crippen molar-refractivity contribution in [1.29, 1.82) is 0 Å². The minimum atomic E-state index is -4.85. The van der Waals surface area contributed by atoms with Gasteiger partial charge in [-0.15, -0.1) is 3.89 Å². The van der Waals surface area contributed by atoms with Gasteiger partial charge >= 0.3 is 10.2 Å². The summed E-state index contributed by atoms with van der Waals surface area (Å²) in [7, 11) is -3.58. The Balaban J connectivity index is 2.60. The fraction of sp³-hybridized carbons (Fsp3) is 0.100. The number of benzene rings is 1. The monoisotopic (exact) mass is 334 g/mol. The van der Waals surface area contributed by atoms with Gasteiger partial charge in [-0.3, -0.25) is 0 Å². The lowest BCUT2D eigenvalue weighted by molar-refractivity contribution is 0.401. The third-order valence-corrected chi connectivity index (χ3v) is 3.48. The molecular weight excluding hydrogens is 327 g/mol. The van der Waals surface area contributed by atoms with Gasteiger partial charge in [0.2, 0.25) is 0 Å². The molecule has 18 heavy (non-hydrogen) atoms. The van der Waals surface area contributed by atoms with Crippen LogP contribution in [0.25, 0.3) is 5.69 Å². The predicted molar refractivity (Wildman–Crippen MR) is 66.1 cm³/mol. The van der Waals surface area contributed by atoms with E-state index in [2.05, 4.69) is 21.0 Å². The number of aromatic nitrogens is 2. The topological polar surface area (TPSA) is 61.2 Å². The Kier molecular flexibility index (Phi) is 3.40. The molecule has 0 unspecified atom stereocenters. The molecule has 0 aliphatic carbocycles. The molecule has 0 aliphatic heterocycles. The van der Waals surface area contributed by atoms with Crippen LogP contribution in [0.2, 0.25) is 0 Å². The quantitative estimate of drug-likeness (QED) is 0.808. The zero-order valence-corrected chi connectivity index (χ0v) is 11.6. The van der Waals surface area contributed by atoms with E-state index in [1.54, 1.807) is 12.3 Å². The Bertz CT molecular complexity index is 684. The van der Waals surface area contributed by atoms with Crippen LogP contribution in [0.1, 0.15) is 0 Å². The van der Waals surface area contributed by atoms with Crippen LogP contribution in [0, 0.1) is 0 Å². The summed E-state index contributed by atoms with van der Waals surface area (Å²) in [6.07, 6.45) is 3.16. The van der Waals surface area contributed by atoms with Crippen LogP contribution in [-0.4, -0.2) is 25.3 Å². The van der Waals surface area contributed by atoms with Gasteiger partial charge in [-0.2, -0.15) is 13.5 Å². The van der Waals surface area contributed by atoms with Crippen LogP contribution in [0.5, 0.6) is 5.75 Å². The molecule has 0 aliphatic rings. The summed E-state index contributed by atoms with van der Waals surface area (Å²) in [4.78, 5) is -0.519. The number of halogens is 2. The van der Waals surface area contributed by atoms with Crippen molar-refractivity contribution in [3.63, 3.8) is 0 Å². The Hall–Kier alpha value is -1.41. The van der Waals surface area contributed by atoms with Crippen LogP contribution in [-0.2, 0) is 10.2 Å². The summed E-state index contributed by atoms with van der Waals surface area (Å²) in [6, 6.07) is 4.11. The molecule has 0 amide bonds. The van der Waals surface area contributed by atoms with Crippen LogP contribution in [0.3, 0.4) is 0 Å². The Morgan fingerprint density at radius 1 is 1.44 bits per heavy atom. The predicted octanol–water partition coefficient (Wildman–Crippen LogP) is 2.30. The fourth-order valence-electron chi connectivity index (χ4n) is 1.44. The second-order valence-electron chi connectivity index (χ2n) is 3.38. The lowest BCUT2D eigenvalue weighted by Gasteiger charge is -2.07. The molecule has 96 valence electrons. The van der Waals surface area contributed by atoms with Gasteiger partial charge in [-0.05, 0) is 34.1 Å². The first-order valence-corrected chi connectivity index (χ1v) is 6.93. The number of nitrogens with zero attached hydrogens (tertiary/aromatic N) is 2. The average molecular weight is 335 g/mol. The van der Waals surface area contributed by atoms with E-state index in [0.717, 1.165) is 10.5 Å².